The van der Waals surface area contributed by atoms with Gasteiger partial charge >= 0.3 is 0 Å². The zero-order valence-electron chi connectivity index (χ0n) is 14.2. The highest BCUT2D eigenvalue weighted by Crippen LogP contribution is 2.35. The van der Waals surface area contributed by atoms with Gasteiger partial charge in [-0.1, -0.05) is 5.16 Å². The molecule has 0 radical (unpaired) electrons. The van der Waals surface area contributed by atoms with Crippen LogP contribution >= 0.6 is 0 Å². The van der Waals surface area contributed by atoms with Gasteiger partial charge in [-0.15, -0.1) is 0 Å². The van der Waals surface area contributed by atoms with E-state index in [4.69, 9.17) is 28.5 Å². The molecule has 4 rings (SSSR count). The van der Waals surface area contributed by atoms with Crippen LogP contribution in [-0.4, -0.2) is 44.7 Å². The Balaban J connectivity index is 1.12. The Kier molecular flexibility index (Phi) is 4.94. The van der Waals surface area contributed by atoms with E-state index >= 15 is 0 Å². The van der Waals surface area contributed by atoms with Crippen LogP contribution in [0.4, 0.5) is 0 Å². The van der Waals surface area contributed by atoms with Crippen LogP contribution in [0.5, 0.6) is 17.2 Å². The lowest BCUT2D eigenvalue weighted by Crippen LogP contribution is -2.35. The zero-order chi connectivity index (χ0) is 17.0. The first-order chi connectivity index (χ1) is 12.3. The normalized spacial score (nSPS) is 20.7. The van der Waals surface area contributed by atoms with E-state index in [2.05, 4.69) is 5.16 Å². The highest BCUT2D eigenvalue weighted by atomic mass is 16.7. The van der Waals surface area contributed by atoms with Gasteiger partial charge in [0.15, 0.2) is 17.3 Å². The molecule has 1 aromatic carbocycles. The Bertz CT molecular complexity index is 614. The van der Waals surface area contributed by atoms with Gasteiger partial charge in [0, 0.05) is 25.3 Å². The maximum absolute atomic E-state index is 5.71. The van der Waals surface area contributed by atoms with Crippen LogP contribution in [0.25, 0.3) is 0 Å². The number of benzene rings is 1. The summed E-state index contributed by atoms with van der Waals surface area (Å²) in [5, 5.41) is 4.24. The minimum absolute atomic E-state index is 0.270. The van der Waals surface area contributed by atoms with E-state index in [1.165, 1.54) is 0 Å². The number of oxime groups is 1. The van der Waals surface area contributed by atoms with Crippen LogP contribution in [0, 0.1) is 0 Å². The molecule has 1 aromatic rings. The molecule has 0 amide bonds. The maximum atomic E-state index is 5.71. The summed E-state index contributed by atoms with van der Waals surface area (Å²) in [4.78, 5) is 5.42. The molecular weight excluding hydrogens is 326 g/mol. The molecule has 0 N–H and O–H groups in total. The van der Waals surface area contributed by atoms with Crippen molar-refractivity contribution in [3.05, 3.63) is 18.2 Å². The SMILES string of the molecule is c1cc2c(cc1OCCCON=C1CCC3(CC1)OCCO3)OCO2. The van der Waals surface area contributed by atoms with Crippen LogP contribution in [0.3, 0.4) is 0 Å². The lowest BCUT2D eigenvalue weighted by Gasteiger charge is -2.31. The van der Waals surface area contributed by atoms with Crippen molar-refractivity contribution in [1.82, 2.24) is 0 Å². The average Bonchev–Trinajstić information content (AvgIpc) is 3.29. The van der Waals surface area contributed by atoms with Crippen LogP contribution in [0.1, 0.15) is 32.1 Å². The molecule has 1 saturated heterocycles. The van der Waals surface area contributed by atoms with Gasteiger partial charge in [-0.05, 0) is 25.0 Å². The molecule has 2 fully saturated rings. The molecule has 7 nitrogen and oxygen atoms in total. The lowest BCUT2D eigenvalue weighted by atomic mass is 9.92. The third-order valence-corrected chi connectivity index (χ3v) is 4.59. The van der Waals surface area contributed by atoms with Gasteiger partial charge in [-0.2, -0.15) is 0 Å². The molecule has 1 aliphatic carbocycles. The van der Waals surface area contributed by atoms with E-state index in [1.807, 2.05) is 18.2 Å². The minimum Gasteiger partial charge on any atom is -0.493 e. The molecule has 0 atom stereocenters. The second-order valence-electron chi connectivity index (χ2n) is 6.32. The third-order valence-electron chi connectivity index (χ3n) is 4.59. The number of hydrogen-bond donors (Lipinski definition) is 0. The fraction of sp³-hybridized carbons (Fsp3) is 0.611. The number of ether oxygens (including phenoxy) is 5. The zero-order valence-corrected chi connectivity index (χ0v) is 14.2. The summed E-state index contributed by atoms with van der Waals surface area (Å²) < 4.78 is 27.7. The summed E-state index contributed by atoms with van der Waals surface area (Å²) in [5.41, 5.74) is 1.08. The van der Waals surface area contributed by atoms with E-state index in [1.54, 1.807) is 0 Å². The molecule has 2 heterocycles. The third kappa shape index (κ3) is 3.99. The van der Waals surface area contributed by atoms with Crippen LogP contribution in [0.15, 0.2) is 23.4 Å². The van der Waals surface area contributed by atoms with Gasteiger partial charge in [0.05, 0.1) is 25.5 Å². The second-order valence-corrected chi connectivity index (χ2v) is 6.32. The highest BCUT2D eigenvalue weighted by molar-refractivity contribution is 5.84. The van der Waals surface area contributed by atoms with Crippen molar-refractivity contribution in [2.75, 3.05) is 33.2 Å². The van der Waals surface area contributed by atoms with Crippen molar-refractivity contribution in [1.29, 1.82) is 0 Å². The quantitative estimate of drug-likeness (QED) is 0.581. The Hall–Kier alpha value is -1.99. The number of rotatable bonds is 6. The summed E-state index contributed by atoms with van der Waals surface area (Å²) in [6.07, 6.45) is 4.23. The van der Waals surface area contributed by atoms with E-state index in [-0.39, 0.29) is 12.6 Å². The lowest BCUT2D eigenvalue weighted by molar-refractivity contribution is -0.168. The predicted octanol–water partition coefficient (Wildman–Crippen LogP) is 2.87. The van der Waals surface area contributed by atoms with Gasteiger partial charge < -0.3 is 28.5 Å². The standard InChI is InChI=1S/C18H23NO6/c1(8-20-15-2-3-16-17(12-15)22-13-21-16)9-25-19-14-4-6-18(7-5-14)23-10-11-24-18/h2-3,12H,1,4-11,13H2. The van der Waals surface area contributed by atoms with E-state index in [9.17, 15) is 0 Å². The van der Waals surface area contributed by atoms with Crippen molar-refractivity contribution in [2.24, 2.45) is 5.16 Å². The average molecular weight is 349 g/mol. The van der Waals surface area contributed by atoms with Gasteiger partial charge in [-0.25, -0.2) is 0 Å². The predicted molar refractivity (Wildman–Crippen MR) is 89.2 cm³/mol. The summed E-state index contributed by atoms with van der Waals surface area (Å²) in [6.45, 7) is 2.77. The van der Waals surface area contributed by atoms with Crippen LogP contribution in [0.2, 0.25) is 0 Å². The number of fused-ring (bicyclic) bond motifs is 1. The van der Waals surface area contributed by atoms with Gasteiger partial charge in [0.25, 0.3) is 0 Å². The minimum atomic E-state index is -0.350. The maximum Gasteiger partial charge on any atom is 0.231 e. The van der Waals surface area contributed by atoms with Crippen molar-refractivity contribution in [3.63, 3.8) is 0 Å². The van der Waals surface area contributed by atoms with Crippen molar-refractivity contribution < 1.29 is 28.5 Å². The van der Waals surface area contributed by atoms with Crippen LogP contribution < -0.4 is 14.2 Å². The largest absolute Gasteiger partial charge is 0.493 e. The fourth-order valence-corrected chi connectivity index (χ4v) is 3.21. The second kappa shape index (κ2) is 7.49. The summed E-state index contributed by atoms with van der Waals surface area (Å²) in [7, 11) is 0. The van der Waals surface area contributed by atoms with Crippen LogP contribution in [-0.2, 0) is 14.3 Å². The molecule has 3 aliphatic rings. The molecule has 0 aromatic heterocycles. The Morgan fingerprint density at radius 1 is 1.00 bits per heavy atom. The van der Waals surface area contributed by atoms with Gasteiger partial charge in [0.1, 0.15) is 12.4 Å². The van der Waals surface area contributed by atoms with Gasteiger partial charge in [0.2, 0.25) is 6.79 Å². The monoisotopic (exact) mass is 349 g/mol. The summed E-state index contributed by atoms with van der Waals surface area (Å²) in [5.74, 6) is 1.90. The van der Waals surface area contributed by atoms with E-state index in [0.29, 0.717) is 26.4 Å². The van der Waals surface area contributed by atoms with E-state index < -0.39 is 0 Å². The van der Waals surface area contributed by atoms with Crippen molar-refractivity contribution >= 4 is 5.71 Å². The molecule has 2 aliphatic heterocycles. The summed E-state index contributed by atoms with van der Waals surface area (Å²) in [6, 6.07) is 5.57. The highest BCUT2D eigenvalue weighted by Gasteiger charge is 2.39. The first-order valence-electron chi connectivity index (χ1n) is 8.81. The fourth-order valence-electron chi connectivity index (χ4n) is 3.21. The van der Waals surface area contributed by atoms with E-state index in [0.717, 1.165) is 55.1 Å². The molecule has 136 valence electrons. The molecule has 25 heavy (non-hydrogen) atoms. The van der Waals surface area contributed by atoms with Gasteiger partial charge in [-0.3, -0.25) is 0 Å². The number of hydrogen-bond acceptors (Lipinski definition) is 7. The molecule has 0 unspecified atom stereocenters. The first-order valence-corrected chi connectivity index (χ1v) is 8.81. The molecular formula is C18H23NO6. The number of nitrogens with zero attached hydrogens (tertiary/aromatic N) is 1. The van der Waals surface area contributed by atoms with Crippen molar-refractivity contribution in [3.8, 4) is 17.2 Å². The molecule has 1 spiro atoms. The summed E-state index contributed by atoms with van der Waals surface area (Å²) >= 11 is 0. The Morgan fingerprint density at radius 3 is 2.64 bits per heavy atom. The Labute approximate surface area is 146 Å². The Morgan fingerprint density at radius 2 is 1.80 bits per heavy atom. The van der Waals surface area contributed by atoms with Crippen molar-refractivity contribution in [2.45, 2.75) is 37.9 Å². The molecule has 1 saturated carbocycles. The topological polar surface area (TPSA) is 67.7 Å². The molecule has 0 bridgehead atoms. The first kappa shape index (κ1) is 16.5. The molecule has 7 heteroatoms. The smallest absolute Gasteiger partial charge is 0.231 e.